The molecule has 2 aromatic heterocycles. The highest BCUT2D eigenvalue weighted by atomic mass is 32.2. The van der Waals surface area contributed by atoms with E-state index in [-0.39, 0.29) is 5.91 Å². The summed E-state index contributed by atoms with van der Waals surface area (Å²) in [5.41, 5.74) is 0.993. The van der Waals surface area contributed by atoms with Crippen LogP contribution in [0.15, 0.2) is 14.2 Å². The average molecular weight is 338 g/mol. The predicted octanol–water partition coefficient (Wildman–Crippen LogP) is 2.55. The van der Waals surface area contributed by atoms with Crippen molar-refractivity contribution < 1.29 is 9.32 Å². The second-order valence-electron chi connectivity index (χ2n) is 5.32. The standard InChI is InChI=1S/C14H18N4O2S2/c1-9-7-21-14(16-9)22-8-12(19)15-6-5-11-17-13(20-18-11)10-3-2-4-10/h7,10H,2-6,8H2,1H3,(H,15,19). The summed E-state index contributed by atoms with van der Waals surface area (Å²) in [7, 11) is 0. The SMILES string of the molecule is Cc1csc(SCC(=O)NCCc2noc(C3CCC3)n2)n1. The van der Waals surface area contributed by atoms with E-state index in [2.05, 4.69) is 20.4 Å². The Labute approximate surface area is 137 Å². The van der Waals surface area contributed by atoms with Gasteiger partial charge in [0.1, 0.15) is 0 Å². The first-order chi connectivity index (χ1) is 10.7. The van der Waals surface area contributed by atoms with E-state index in [9.17, 15) is 4.79 Å². The van der Waals surface area contributed by atoms with Crippen molar-refractivity contribution in [3.05, 3.63) is 22.8 Å². The molecule has 1 aliphatic carbocycles. The number of thioether (sulfide) groups is 1. The molecule has 6 nitrogen and oxygen atoms in total. The van der Waals surface area contributed by atoms with Crippen LogP contribution in [-0.4, -0.2) is 33.3 Å². The molecule has 0 saturated heterocycles. The summed E-state index contributed by atoms with van der Waals surface area (Å²) < 4.78 is 6.18. The summed E-state index contributed by atoms with van der Waals surface area (Å²) in [6, 6.07) is 0. The molecule has 2 aromatic rings. The molecule has 1 N–H and O–H groups in total. The van der Waals surface area contributed by atoms with Gasteiger partial charge in [0.15, 0.2) is 10.2 Å². The second kappa shape index (κ2) is 7.23. The molecule has 1 amide bonds. The van der Waals surface area contributed by atoms with E-state index < -0.39 is 0 Å². The van der Waals surface area contributed by atoms with E-state index in [0.717, 1.165) is 28.8 Å². The molecule has 1 saturated carbocycles. The molecular formula is C14H18N4O2S2. The highest BCUT2D eigenvalue weighted by Gasteiger charge is 2.25. The van der Waals surface area contributed by atoms with Crippen LogP contribution in [0.3, 0.4) is 0 Å². The molecule has 0 spiro atoms. The van der Waals surface area contributed by atoms with Crippen LogP contribution in [0, 0.1) is 6.92 Å². The van der Waals surface area contributed by atoms with Gasteiger partial charge >= 0.3 is 0 Å². The number of amides is 1. The number of nitrogens with zero attached hydrogens (tertiary/aromatic N) is 3. The number of aromatic nitrogens is 3. The van der Waals surface area contributed by atoms with E-state index in [1.54, 1.807) is 11.3 Å². The largest absolute Gasteiger partial charge is 0.355 e. The quantitative estimate of drug-likeness (QED) is 0.782. The van der Waals surface area contributed by atoms with Crippen LogP contribution in [-0.2, 0) is 11.2 Å². The lowest BCUT2D eigenvalue weighted by Gasteiger charge is -2.20. The van der Waals surface area contributed by atoms with Crippen LogP contribution in [0.2, 0.25) is 0 Å². The second-order valence-corrected chi connectivity index (χ2v) is 7.40. The first kappa shape index (κ1) is 15.5. The maximum atomic E-state index is 11.8. The van der Waals surface area contributed by atoms with Gasteiger partial charge in [0.25, 0.3) is 0 Å². The maximum Gasteiger partial charge on any atom is 0.230 e. The molecule has 8 heteroatoms. The summed E-state index contributed by atoms with van der Waals surface area (Å²) in [6.07, 6.45) is 4.13. The minimum atomic E-state index is 0.000523. The average Bonchev–Trinajstić information content (AvgIpc) is 3.04. The number of nitrogens with one attached hydrogen (secondary N) is 1. The summed E-state index contributed by atoms with van der Waals surface area (Å²) in [6.45, 7) is 2.48. The molecule has 0 bridgehead atoms. The Morgan fingerprint density at radius 3 is 3.05 bits per heavy atom. The molecule has 3 rings (SSSR count). The Bertz CT molecular complexity index is 636. The molecule has 0 atom stereocenters. The molecule has 1 aliphatic rings. The van der Waals surface area contributed by atoms with E-state index in [1.807, 2.05) is 12.3 Å². The van der Waals surface area contributed by atoms with Gasteiger partial charge in [0.2, 0.25) is 11.8 Å². The fraction of sp³-hybridized carbons (Fsp3) is 0.571. The van der Waals surface area contributed by atoms with Crippen LogP contribution in [0.25, 0.3) is 0 Å². The number of carbonyl (C=O) groups excluding carboxylic acids is 1. The molecular weight excluding hydrogens is 320 g/mol. The number of carbonyl (C=O) groups is 1. The Hall–Kier alpha value is -1.41. The topological polar surface area (TPSA) is 80.9 Å². The molecule has 118 valence electrons. The van der Waals surface area contributed by atoms with Gasteiger partial charge in [-0.2, -0.15) is 4.98 Å². The summed E-state index contributed by atoms with van der Waals surface area (Å²) in [5, 5.41) is 8.81. The van der Waals surface area contributed by atoms with Crippen LogP contribution >= 0.6 is 23.1 Å². The highest BCUT2D eigenvalue weighted by Crippen LogP contribution is 2.35. The fourth-order valence-electron chi connectivity index (χ4n) is 2.08. The molecule has 1 fully saturated rings. The lowest BCUT2D eigenvalue weighted by Crippen LogP contribution is -2.27. The third-order valence-electron chi connectivity index (χ3n) is 3.53. The zero-order chi connectivity index (χ0) is 15.4. The minimum Gasteiger partial charge on any atom is -0.355 e. The van der Waals surface area contributed by atoms with Gasteiger partial charge in [0, 0.05) is 30.0 Å². The Balaban J connectivity index is 1.35. The van der Waals surface area contributed by atoms with Crippen molar-refractivity contribution in [3.63, 3.8) is 0 Å². The number of rotatable bonds is 7. The van der Waals surface area contributed by atoms with Crippen molar-refractivity contribution in [1.29, 1.82) is 0 Å². The molecule has 0 radical (unpaired) electrons. The number of hydrogen-bond acceptors (Lipinski definition) is 7. The van der Waals surface area contributed by atoms with Gasteiger partial charge in [-0.15, -0.1) is 11.3 Å². The smallest absolute Gasteiger partial charge is 0.230 e. The Kier molecular flexibility index (Phi) is 5.09. The molecule has 22 heavy (non-hydrogen) atoms. The van der Waals surface area contributed by atoms with Crippen molar-refractivity contribution >= 4 is 29.0 Å². The zero-order valence-corrected chi connectivity index (χ0v) is 14.0. The van der Waals surface area contributed by atoms with E-state index in [1.165, 1.54) is 18.2 Å². The molecule has 0 unspecified atom stereocenters. The van der Waals surface area contributed by atoms with Crippen molar-refractivity contribution in [2.75, 3.05) is 12.3 Å². The van der Waals surface area contributed by atoms with Crippen molar-refractivity contribution in [3.8, 4) is 0 Å². The van der Waals surface area contributed by atoms with Gasteiger partial charge in [0.05, 0.1) is 5.75 Å². The van der Waals surface area contributed by atoms with Crippen molar-refractivity contribution in [2.45, 2.75) is 42.9 Å². The monoisotopic (exact) mass is 338 g/mol. The van der Waals surface area contributed by atoms with Gasteiger partial charge in [-0.05, 0) is 19.8 Å². The van der Waals surface area contributed by atoms with Gasteiger partial charge < -0.3 is 9.84 Å². The van der Waals surface area contributed by atoms with E-state index in [0.29, 0.717) is 30.5 Å². The Morgan fingerprint density at radius 1 is 1.50 bits per heavy atom. The van der Waals surface area contributed by atoms with Gasteiger partial charge in [-0.25, -0.2) is 4.98 Å². The van der Waals surface area contributed by atoms with E-state index >= 15 is 0 Å². The van der Waals surface area contributed by atoms with Crippen LogP contribution in [0.1, 0.15) is 42.6 Å². The van der Waals surface area contributed by atoms with E-state index in [4.69, 9.17) is 4.52 Å². The molecule has 0 aliphatic heterocycles. The third kappa shape index (κ3) is 4.07. The Morgan fingerprint density at radius 2 is 2.36 bits per heavy atom. The molecule has 2 heterocycles. The lowest BCUT2D eigenvalue weighted by molar-refractivity contribution is -0.118. The first-order valence-electron chi connectivity index (χ1n) is 7.35. The van der Waals surface area contributed by atoms with Gasteiger partial charge in [-0.3, -0.25) is 4.79 Å². The first-order valence-corrected chi connectivity index (χ1v) is 9.21. The van der Waals surface area contributed by atoms with Crippen molar-refractivity contribution in [2.24, 2.45) is 0 Å². The molecule has 0 aromatic carbocycles. The fourth-order valence-corrected chi connectivity index (χ4v) is 3.76. The van der Waals surface area contributed by atoms with Crippen LogP contribution in [0.4, 0.5) is 0 Å². The predicted molar refractivity (Wildman–Crippen MR) is 85.2 cm³/mol. The summed E-state index contributed by atoms with van der Waals surface area (Å²) in [5.74, 6) is 2.26. The summed E-state index contributed by atoms with van der Waals surface area (Å²) in [4.78, 5) is 20.5. The lowest BCUT2D eigenvalue weighted by atomic mass is 9.85. The minimum absolute atomic E-state index is 0.000523. The number of aryl methyl sites for hydroxylation is 1. The number of thiazole rings is 1. The third-order valence-corrected chi connectivity index (χ3v) is 5.67. The summed E-state index contributed by atoms with van der Waals surface area (Å²) >= 11 is 3.02. The number of hydrogen-bond donors (Lipinski definition) is 1. The zero-order valence-electron chi connectivity index (χ0n) is 12.4. The van der Waals surface area contributed by atoms with Gasteiger partial charge in [-0.1, -0.05) is 23.3 Å². The normalized spacial score (nSPS) is 14.8. The van der Waals surface area contributed by atoms with Crippen molar-refractivity contribution in [1.82, 2.24) is 20.4 Å². The van der Waals surface area contributed by atoms with Crippen LogP contribution in [0.5, 0.6) is 0 Å². The maximum absolute atomic E-state index is 11.8. The van der Waals surface area contributed by atoms with Crippen LogP contribution < -0.4 is 5.32 Å². The highest BCUT2D eigenvalue weighted by molar-refractivity contribution is 8.01.